The van der Waals surface area contributed by atoms with Crippen molar-refractivity contribution in [3.05, 3.63) is 0 Å². The first-order valence-electron chi connectivity index (χ1n) is 8.77. The standard InChI is InChI=1S/C17H29NO3S/c1-4-14-7-5-6-10-18(14)22(20,21)12-17-9-8-13(11-15(17)19)16(17,2)3/h13-14H,4-12H2,1-3H3/t13-,14-,17+/m1/s1. The summed E-state index contributed by atoms with van der Waals surface area (Å²) in [6.45, 7) is 6.92. The van der Waals surface area contributed by atoms with E-state index in [9.17, 15) is 13.2 Å². The fourth-order valence-corrected chi connectivity index (χ4v) is 7.83. The molecule has 3 fully saturated rings. The molecule has 1 aliphatic heterocycles. The number of carbonyl (C=O) groups is 1. The Morgan fingerprint density at radius 3 is 2.50 bits per heavy atom. The Morgan fingerprint density at radius 1 is 1.23 bits per heavy atom. The van der Waals surface area contributed by atoms with Crippen molar-refractivity contribution >= 4 is 15.8 Å². The van der Waals surface area contributed by atoms with Gasteiger partial charge in [-0.25, -0.2) is 8.42 Å². The highest BCUT2D eigenvalue weighted by Crippen LogP contribution is 2.64. The summed E-state index contributed by atoms with van der Waals surface area (Å²) in [7, 11) is -3.36. The molecule has 2 saturated carbocycles. The number of carbonyl (C=O) groups excluding carboxylic acids is 1. The average molecular weight is 327 g/mol. The number of hydrogen-bond acceptors (Lipinski definition) is 3. The number of nitrogens with zero attached hydrogens (tertiary/aromatic N) is 1. The summed E-state index contributed by atoms with van der Waals surface area (Å²) in [5.41, 5.74) is -0.805. The van der Waals surface area contributed by atoms with Crippen LogP contribution in [0.3, 0.4) is 0 Å². The largest absolute Gasteiger partial charge is 0.299 e. The molecule has 0 spiro atoms. The fraction of sp³-hybridized carbons (Fsp3) is 0.941. The number of hydrogen-bond donors (Lipinski definition) is 0. The highest BCUT2D eigenvalue weighted by atomic mass is 32.2. The predicted molar refractivity (Wildman–Crippen MR) is 87.0 cm³/mol. The molecule has 3 aliphatic rings. The molecule has 0 aromatic carbocycles. The van der Waals surface area contributed by atoms with Gasteiger partial charge in [0, 0.05) is 24.4 Å². The summed E-state index contributed by atoms with van der Waals surface area (Å²) in [5, 5.41) is 0. The van der Waals surface area contributed by atoms with Crippen LogP contribution in [0.4, 0.5) is 0 Å². The topological polar surface area (TPSA) is 54.5 Å². The first kappa shape index (κ1) is 16.4. The summed E-state index contributed by atoms with van der Waals surface area (Å²) in [6, 6.07) is 0.131. The lowest BCUT2D eigenvalue weighted by Crippen LogP contribution is -2.50. The zero-order valence-electron chi connectivity index (χ0n) is 14.1. The van der Waals surface area contributed by atoms with E-state index in [0.29, 0.717) is 18.9 Å². The molecule has 22 heavy (non-hydrogen) atoms. The molecule has 0 aromatic rings. The van der Waals surface area contributed by atoms with E-state index in [2.05, 4.69) is 20.8 Å². The number of Topliss-reactive ketones (excluding diaryl/α,β-unsaturated/α-hetero) is 1. The molecule has 1 saturated heterocycles. The van der Waals surface area contributed by atoms with Gasteiger partial charge in [0.05, 0.1) is 5.75 Å². The third-order valence-electron chi connectivity index (χ3n) is 6.97. The second-order valence-corrected chi connectivity index (χ2v) is 10.0. The van der Waals surface area contributed by atoms with Crippen molar-refractivity contribution in [3.8, 4) is 0 Å². The summed E-state index contributed by atoms with van der Waals surface area (Å²) >= 11 is 0. The van der Waals surface area contributed by atoms with Crippen LogP contribution in [0.2, 0.25) is 0 Å². The van der Waals surface area contributed by atoms with Crippen molar-refractivity contribution in [2.75, 3.05) is 12.3 Å². The number of fused-ring (bicyclic) bond motifs is 2. The van der Waals surface area contributed by atoms with Gasteiger partial charge in [-0.3, -0.25) is 4.79 Å². The first-order chi connectivity index (χ1) is 10.2. The van der Waals surface area contributed by atoms with Crippen LogP contribution in [0.15, 0.2) is 0 Å². The molecule has 2 bridgehead atoms. The van der Waals surface area contributed by atoms with Crippen molar-refractivity contribution in [2.45, 2.75) is 71.8 Å². The molecular weight excluding hydrogens is 298 g/mol. The lowest BCUT2D eigenvalue weighted by Gasteiger charge is -2.40. The number of sulfonamides is 1. The highest BCUT2D eigenvalue weighted by Gasteiger charge is 2.65. The van der Waals surface area contributed by atoms with Gasteiger partial charge >= 0.3 is 0 Å². The number of piperidine rings is 1. The zero-order chi connectivity index (χ0) is 16.2. The maximum atomic E-state index is 13.1. The summed E-state index contributed by atoms with van der Waals surface area (Å²) in [5.74, 6) is 0.611. The van der Waals surface area contributed by atoms with E-state index in [-0.39, 0.29) is 23.0 Å². The molecule has 0 radical (unpaired) electrons. The van der Waals surface area contributed by atoms with Gasteiger partial charge < -0.3 is 0 Å². The first-order valence-corrected chi connectivity index (χ1v) is 10.4. The van der Waals surface area contributed by atoms with Gasteiger partial charge in [0.1, 0.15) is 5.78 Å². The Kier molecular flexibility index (Phi) is 3.96. The average Bonchev–Trinajstić information content (AvgIpc) is 2.81. The van der Waals surface area contributed by atoms with Crippen molar-refractivity contribution in [1.82, 2.24) is 4.31 Å². The lowest BCUT2D eigenvalue weighted by molar-refractivity contribution is -0.128. The summed E-state index contributed by atoms with van der Waals surface area (Å²) in [6.07, 6.45) is 6.23. The van der Waals surface area contributed by atoms with Crippen LogP contribution in [0.5, 0.6) is 0 Å². The van der Waals surface area contributed by atoms with Gasteiger partial charge in [-0.15, -0.1) is 0 Å². The van der Waals surface area contributed by atoms with Gasteiger partial charge in [0.15, 0.2) is 0 Å². The molecule has 126 valence electrons. The normalized spacial score (nSPS) is 38.6. The lowest BCUT2D eigenvalue weighted by atomic mass is 9.70. The van der Waals surface area contributed by atoms with Crippen LogP contribution in [0.25, 0.3) is 0 Å². The Labute approximate surface area is 134 Å². The van der Waals surface area contributed by atoms with E-state index < -0.39 is 15.4 Å². The van der Waals surface area contributed by atoms with E-state index in [1.165, 1.54) is 0 Å². The van der Waals surface area contributed by atoms with Gasteiger partial charge in [0.2, 0.25) is 10.0 Å². The molecule has 3 rings (SSSR count). The van der Waals surface area contributed by atoms with Crippen molar-refractivity contribution < 1.29 is 13.2 Å². The SMILES string of the molecule is CC[C@@H]1CCCCN1S(=O)(=O)C[C@@]12CC[C@H](CC1=O)C2(C)C. The van der Waals surface area contributed by atoms with E-state index in [4.69, 9.17) is 0 Å². The van der Waals surface area contributed by atoms with Gasteiger partial charge in [-0.05, 0) is 43.4 Å². The molecular formula is C17H29NO3S. The Bertz CT molecular complexity index is 568. The molecule has 0 aromatic heterocycles. The van der Waals surface area contributed by atoms with E-state index in [1.54, 1.807) is 4.31 Å². The molecule has 0 N–H and O–H groups in total. The van der Waals surface area contributed by atoms with Crippen molar-refractivity contribution in [1.29, 1.82) is 0 Å². The van der Waals surface area contributed by atoms with Crippen LogP contribution in [-0.4, -0.2) is 36.8 Å². The summed E-state index contributed by atoms with van der Waals surface area (Å²) < 4.78 is 27.9. The van der Waals surface area contributed by atoms with Crippen molar-refractivity contribution in [2.24, 2.45) is 16.7 Å². The van der Waals surface area contributed by atoms with Gasteiger partial charge in [-0.1, -0.05) is 27.2 Å². The maximum absolute atomic E-state index is 13.1. The molecule has 0 unspecified atom stereocenters. The predicted octanol–water partition coefficient (Wildman–Crippen LogP) is 2.98. The molecule has 5 heteroatoms. The van der Waals surface area contributed by atoms with Crippen LogP contribution >= 0.6 is 0 Å². The maximum Gasteiger partial charge on any atom is 0.215 e. The van der Waals surface area contributed by atoms with Crippen LogP contribution in [-0.2, 0) is 14.8 Å². The monoisotopic (exact) mass is 327 g/mol. The Morgan fingerprint density at radius 2 is 1.95 bits per heavy atom. The third-order valence-corrected chi connectivity index (χ3v) is 9.02. The minimum absolute atomic E-state index is 0.0405. The van der Waals surface area contributed by atoms with E-state index >= 15 is 0 Å². The molecule has 2 aliphatic carbocycles. The summed E-state index contributed by atoms with van der Waals surface area (Å²) in [4.78, 5) is 12.6. The van der Waals surface area contributed by atoms with Crippen LogP contribution in [0, 0.1) is 16.7 Å². The number of ketones is 1. The van der Waals surface area contributed by atoms with E-state index in [0.717, 1.165) is 38.5 Å². The van der Waals surface area contributed by atoms with Crippen LogP contribution < -0.4 is 0 Å². The van der Waals surface area contributed by atoms with E-state index in [1.807, 2.05) is 0 Å². The second kappa shape index (κ2) is 5.30. The third kappa shape index (κ3) is 2.19. The van der Waals surface area contributed by atoms with Crippen molar-refractivity contribution in [3.63, 3.8) is 0 Å². The minimum Gasteiger partial charge on any atom is -0.299 e. The molecule has 1 heterocycles. The molecule has 0 amide bonds. The smallest absolute Gasteiger partial charge is 0.215 e. The van der Waals surface area contributed by atoms with Crippen LogP contribution in [0.1, 0.15) is 65.7 Å². The Balaban J connectivity index is 1.89. The fourth-order valence-electron chi connectivity index (χ4n) is 5.25. The number of rotatable bonds is 4. The minimum atomic E-state index is -3.36. The molecule has 3 atom stereocenters. The second-order valence-electron chi connectivity index (χ2n) is 8.09. The van der Waals surface area contributed by atoms with Gasteiger partial charge in [0.25, 0.3) is 0 Å². The van der Waals surface area contributed by atoms with Gasteiger partial charge in [-0.2, -0.15) is 4.31 Å². The Hall–Kier alpha value is -0.420. The zero-order valence-corrected chi connectivity index (χ0v) is 14.9. The molecule has 4 nitrogen and oxygen atoms in total. The quantitative estimate of drug-likeness (QED) is 0.797. The highest BCUT2D eigenvalue weighted by molar-refractivity contribution is 7.89.